The number of hydrogen-bond donors (Lipinski definition) is 2. The molecule has 84 valence electrons. The zero-order chi connectivity index (χ0) is 11.2. The molecule has 7 nitrogen and oxygen atoms in total. The van der Waals surface area contributed by atoms with Crippen LogP contribution in [0.3, 0.4) is 0 Å². The Morgan fingerprint density at radius 3 is 3.19 bits per heavy atom. The van der Waals surface area contributed by atoms with Crippen molar-refractivity contribution >= 4 is 5.91 Å². The smallest absolute Gasteiger partial charge is 0.273 e. The van der Waals surface area contributed by atoms with E-state index in [4.69, 9.17) is 0 Å². The van der Waals surface area contributed by atoms with Crippen LogP contribution in [0.25, 0.3) is 0 Å². The van der Waals surface area contributed by atoms with Gasteiger partial charge in [-0.15, -0.1) is 0 Å². The van der Waals surface area contributed by atoms with Crippen molar-refractivity contribution in [3.05, 3.63) is 30.4 Å². The van der Waals surface area contributed by atoms with Gasteiger partial charge < -0.3 is 5.32 Å². The minimum atomic E-state index is -0.214. The molecule has 0 aliphatic rings. The average Bonchev–Trinajstić information content (AvgIpc) is 2.96. The lowest BCUT2D eigenvalue weighted by Crippen LogP contribution is -2.25. The van der Waals surface area contributed by atoms with Crippen LogP contribution in [-0.4, -0.2) is 37.6 Å². The highest BCUT2D eigenvalue weighted by Gasteiger charge is 2.06. The molecule has 2 aromatic heterocycles. The van der Waals surface area contributed by atoms with Crippen molar-refractivity contribution in [2.45, 2.75) is 13.0 Å². The molecule has 0 aromatic carbocycles. The van der Waals surface area contributed by atoms with Crippen molar-refractivity contribution in [3.63, 3.8) is 0 Å². The SMILES string of the molecule is O=C(NCCCn1cccn1)c1cn[nH]n1. The van der Waals surface area contributed by atoms with Gasteiger partial charge in [0.2, 0.25) is 0 Å². The molecular formula is C9H12N6O. The van der Waals surface area contributed by atoms with Crippen molar-refractivity contribution in [2.24, 2.45) is 0 Å². The van der Waals surface area contributed by atoms with Crippen LogP contribution in [0.4, 0.5) is 0 Å². The second-order valence-electron chi connectivity index (χ2n) is 3.23. The molecule has 0 aliphatic carbocycles. The van der Waals surface area contributed by atoms with Crippen LogP contribution in [0, 0.1) is 0 Å². The molecule has 0 radical (unpaired) electrons. The van der Waals surface area contributed by atoms with E-state index in [1.807, 2.05) is 16.9 Å². The van der Waals surface area contributed by atoms with Crippen LogP contribution in [0.2, 0.25) is 0 Å². The number of aromatic nitrogens is 5. The number of aryl methyl sites for hydroxylation is 1. The third-order valence-electron chi connectivity index (χ3n) is 2.06. The fourth-order valence-corrected chi connectivity index (χ4v) is 1.28. The van der Waals surface area contributed by atoms with Crippen LogP contribution in [0.5, 0.6) is 0 Å². The first-order chi connectivity index (χ1) is 7.86. The number of nitrogens with zero attached hydrogens (tertiary/aromatic N) is 4. The molecule has 0 bridgehead atoms. The summed E-state index contributed by atoms with van der Waals surface area (Å²) >= 11 is 0. The van der Waals surface area contributed by atoms with E-state index in [2.05, 4.69) is 25.8 Å². The molecule has 7 heteroatoms. The Kier molecular flexibility index (Phi) is 3.27. The molecule has 1 amide bonds. The maximum absolute atomic E-state index is 11.4. The molecule has 2 heterocycles. The Labute approximate surface area is 91.9 Å². The number of nitrogens with one attached hydrogen (secondary N) is 2. The minimum Gasteiger partial charge on any atom is -0.351 e. The average molecular weight is 220 g/mol. The van der Waals surface area contributed by atoms with Crippen LogP contribution < -0.4 is 5.32 Å². The lowest BCUT2D eigenvalue weighted by atomic mass is 10.4. The summed E-state index contributed by atoms with van der Waals surface area (Å²) < 4.78 is 1.82. The van der Waals surface area contributed by atoms with Crippen LogP contribution >= 0.6 is 0 Å². The summed E-state index contributed by atoms with van der Waals surface area (Å²) in [6.45, 7) is 1.37. The Morgan fingerprint density at radius 2 is 2.50 bits per heavy atom. The Hall–Kier alpha value is -2.18. The molecule has 2 aromatic rings. The molecule has 0 saturated heterocycles. The summed E-state index contributed by atoms with van der Waals surface area (Å²) in [6.07, 6.45) is 5.83. The van der Waals surface area contributed by atoms with Crippen molar-refractivity contribution in [1.29, 1.82) is 0 Å². The number of H-pyrrole nitrogens is 1. The molecule has 16 heavy (non-hydrogen) atoms. The zero-order valence-electron chi connectivity index (χ0n) is 8.63. The molecule has 0 aliphatic heterocycles. The summed E-state index contributed by atoms with van der Waals surface area (Å²) in [7, 11) is 0. The molecule has 2 N–H and O–H groups in total. The van der Waals surface area contributed by atoms with E-state index in [-0.39, 0.29) is 5.91 Å². The maximum atomic E-state index is 11.4. The normalized spacial score (nSPS) is 10.2. The third kappa shape index (κ3) is 2.66. The first-order valence-electron chi connectivity index (χ1n) is 4.97. The van der Waals surface area contributed by atoms with Crippen molar-refractivity contribution < 1.29 is 4.79 Å². The Balaban J connectivity index is 1.67. The number of rotatable bonds is 5. The van der Waals surface area contributed by atoms with Gasteiger partial charge in [0.05, 0.1) is 6.20 Å². The van der Waals surface area contributed by atoms with E-state index in [9.17, 15) is 4.79 Å². The van der Waals surface area contributed by atoms with Gasteiger partial charge in [-0.25, -0.2) is 0 Å². The fourth-order valence-electron chi connectivity index (χ4n) is 1.28. The summed E-state index contributed by atoms with van der Waals surface area (Å²) in [5.41, 5.74) is 0.305. The minimum absolute atomic E-state index is 0.214. The fraction of sp³-hybridized carbons (Fsp3) is 0.333. The number of aromatic amines is 1. The standard InChI is InChI=1S/C9H12N6O/c16-9(8-7-11-14-13-8)10-3-1-5-15-6-2-4-12-15/h2,4,6-7H,1,3,5H2,(H,10,16)(H,11,13,14). The van der Waals surface area contributed by atoms with E-state index in [1.54, 1.807) is 6.20 Å². The van der Waals surface area contributed by atoms with Crippen molar-refractivity contribution in [1.82, 2.24) is 30.5 Å². The lowest BCUT2D eigenvalue weighted by Gasteiger charge is -2.03. The number of carbonyl (C=O) groups is 1. The largest absolute Gasteiger partial charge is 0.351 e. The van der Waals surface area contributed by atoms with Crippen molar-refractivity contribution in [2.75, 3.05) is 6.54 Å². The van der Waals surface area contributed by atoms with Crippen molar-refractivity contribution in [3.8, 4) is 0 Å². The van der Waals surface area contributed by atoms with Gasteiger partial charge in [-0.3, -0.25) is 9.48 Å². The second-order valence-corrected chi connectivity index (χ2v) is 3.23. The molecule has 0 fully saturated rings. The van der Waals surface area contributed by atoms with E-state index < -0.39 is 0 Å². The predicted octanol–water partition coefficient (Wildman–Crippen LogP) is -0.179. The zero-order valence-corrected chi connectivity index (χ0v) is 8.63. The molecule has 0 saturated carbocycles. The monoisotopic (exact) mass is 220 g/mol. The third-order valence-corrected chi connectivity index (χ3v) is 2.06. The Morgan fingerprint density at radius 1 is 1.56 bits per heavy atom. The summed E-state index contributed by atoms with van der Waals surface area (Å²) in [6, 6.07) is 1.87. The van der Waals surface area contributed by atoms with E-state index in [0.717, 1.165) is 13.0 Å². The highest BCUT2D eigenvalue weighted by Crippen LogP contribution is 1.90. The van der Waals surface area contributed by atoms with Crippen LogP contribution in [0.15, 0.2) is 24.7 Å². The van der Waals surface area contributed by atoms with Gasteiger partial charge in [0.25, 0.3) is 5.91 Å². The van der Waals surface area contributed by atoms with E-state index in [1.165, 1.54) is 6.20 Å². The maximum Gasteiger partial charge on any atom is 0.273 e. The van der Waals surface area contributed by atoms with E-state index in [0.29, 0.717) is 12.2 Å². The van der Waals surface area contributed by atoms with Gasteiger partial charge in [0.1, 0.15) is 0 Å². The summed E-state index contributed by atoms with van der Waals surface area (Å²) in [5, 5.41) is 16.4. The summed E-state index contributed by atoms with van der Waals surface area (Å²) in [5.74, 6) is -0.214. The van der Waals surface area contributed by atoms with Gasteiger partial charge >= 0.3 is 0 Å². The second kappa shape index (κ2) is 5.06. The van der Waals surface area contributed by atoms with Gasteiger partial charge in [0.15, 0.2) is 5.69 Å². The molecule has 0 unspecified atom stereocenters. The quantitative estimate of drug-likeness (QED) is 0.684. The Bertz CT molecular complexity index is 421. The molecular weight excluding hydrogens is 208 g/mol. The molecule has 2 rings (SSSR count). The highest BCUT2D eigenvalue weighted by molar-refractivity contribution is 5.91. The number of amides is 1. The number of hydrogen-bond acceptors (Lipinski definition) is 4. The predicted molar refractivity (Wildman–Crippen MR) is 55.6 cm³/mol. The topological polar surface area (TPSA) is 88.5 Å². The van der Waals surface area contributed by atoms with Gasteiger partial charge in [-0.2, -0.15) is 20.5 Å². The number of carbonyl (C=O) groups excluding carboxylic acids is 1. The molecule has 0 spiro atoms. The first kappa shape index (κ1) is 10.3. The lowest BCUT2D eigenvalue weighted by molar-refractivity contribution is 0.0947. The first-order valence-corrected chi connectivity index (χ1v) is 4.97. The van der Waals surface area contributed by atoms with Crippen LogP contribution in [0.1, 0.15) is 16.9 Å². The van der Waals surface area contributed by atoms with Gasteiger partial charge in [-0.1, -0.05) is 0 Å². The molecule has 0 atom stereocenters. The summed E-state index contributed by atoms with van der Waals surface area (Å²) in [4.78, 5) is 11.4. The van der Waals surface area contributed by atoms with Gasteiger partial charge in [0, 0.05) is 25.5 Å². The van der Waals surface area contributed by atoms with Gasteiger partial charge in [-0.05, 0) is 12.5 Å². The van der Waals surface area contributed by atoms with Crippen LogP contribution in [-0.2, 0) is 6.54 Å². The van der Waals surface area contributed by atoms with E-state index >= 15 is 0 Å². The highest BCUT2D eigenvalue weighted by atomic mass is 16.1.